The van der Waals surface area contributed by atoms with Gasteiger partial charge in [-0.3, -0.25) is 14.2 Å². The van der Waals surface area contributed by atoms with E-state index in [0.29, 0.717) is 6.54 Å². The fraction of sp³-hybridized carbons (Fsp3) is 0.250. The van der Waals surface area contributed by atoms with E-state index in [-0.39, 0.29) is 5.91 Å². The van der Waals surface area contributed by atoms with E-state index in [1.807, 2.05) is 37.0 Å². The van der Waals surface area contributed by atoms with Crippen molar-refractivity contribution in [3.05, 3.63) is 76.9 Å². The lowest BCUT2D eigenvalue weighted by Gasteiger charge is -2.08. The first kappa shape index (κ1) is 17.7. The molecule has 0 fully saturated rings. The van der Waals surface area contributed by atoms with Gasteiger partial charge in [-0.25, -0.2) is 0 Å². The zero-order chi connectivity index (χ0) is 18.5. The van der Waals surface area contributed by atoms with Crippen LogP contribution >= 0.6 is 0 Å². The Morgan fingerprint density at radius 3 is 2.73 bits per heavy atom. The van der Waals surface area contributed by atoms with Gasteiger partial charge >= 0.3 is 0 Å². The number of hydrogen-bond acceptors (Lipinski definition) is 3. The molecule has 0 aliphatic rings. The van der Waals surface area contributed by atoms with Gasteiger partial charge in [0.1, 0.15) is 0 Å². The highest BCUT2D eigenvalue weighted by atomic mass is 16.1. The highest BCUT2D eigenvalue weighted by molar-refractivity contribution is 5.91. The molecule has 6 nitrogen and oxygen atoms in total. The van der Waals surface area contributed by atoms with Crippen LogP contribution < -0.4 is 5.32 Å². The second-order valence-corrected chi connectivity index (χ2v) is 6.40. The number of amides is 1. The summed E-state index contributed by atoms with van der Waals surface area (Å²) >= 11 is 0. The van der Waals surface area contributed by atoms with Crippen LogP contribution in [-0.2, 0) is 24.9 Å². The van der Waals surface area contributed by atoms with Crippen molar-refractivity contribution in [2.75, 3.05) is 0 Å². The van der Waals surface area contributed by atoms with E-state index in [1.54, 1.807) is 17.0 Å². The molecule has 0 atom stereocenters. The summed E-state index contributed by atoms with van der Waals surface area (Å²) in [6.07, 6.45) is 6.84. The maximum Gasteiger partial charge on any atom is 0.244 e. The molecule has 1 amide bonds. The molecule has 134 valence electrons. The zero-order valence-corrected chi connectivity index (χ0v) is 15.3. The Kier molecular flexibility index (Phi) is 5.31. The summed E-state index contributed by atoms with van der Waals surface area (Å²) in [6, 6.07) is 10.3. The van der Waals surface area contributed by atoms with E-state index in [1.165, 1.54) is 6.08 Å². The number of carbonyl (C=O) groups excluding carboxylic acids is 1. The van der Waals surface area contributed by atoms with Gasteiger partial charge in [-0.15, -0.1) is 0 Å². The average Bonchev–Trinajstić information content (AvgIpc) is 3.16. The zero-order valence-electron chi connectivity index (χ0n) is 15.3. The molecule has 0 saturated carbocycles. The number of rotatable bonds is 6. The number of carbonyl (C=O) groups is 1. The quantitative estimate of drug-likeness (QED) is 0.696. The van der Waals surface area contributed by atoms with Crippen LogP contribution in [0.15, 0.2) is 48.8 Å². The SMILES string of the molecule is Cc1cc(C)n(Cc2cccc(CNC(=O)/C=C/c3cnn(C)c3)c2)n1. The third-order valence-electron chi connectivity index (χ3n) is 4.05. The summed E-state index contributed by atoms with van der Waals surface area (Å²) in [7, 11) is 1.84. The van der Waals surface area contributed by atoms with Gasteiger partial charge in [0.15, 0.2) is 0 Å². The lowest BCUT2D eigenvalue weighted by Crippen LogP contribution is -2.20. The largest absolute Gasteiger partial charge is 0.348 e. The van der Waals surface area contributed by atoms with Gasteiger partial charge in [-0.2, -0.15) is 10.2 Å². The summed E-state index contributed by atoms with van der Waals surface area (Å²) < 4.78 is 3.69. The van der Waals surface area contributed by atoms with Crippen molar-refractivity contribution < 1.29 is 4.79 Å². The Hall–Kier alpha value is -3.15. The van der Waals surface area contributed by atoms with Gasteiger partial charge in [0.2, 0.25) is 5.91 Å². The van der Waals surface area contributed by atoms with E-state index in [4.69, 9.17) is 0 Å². The van der Waals surface area contributed by atoms with Crippen LogP contribution in [0, 0.1) is 13.8 Å². The third-order valence-corrected chi connectivity index (χ3v) is 4.05. The molecule has 0 unspecified atom stereocenters. The van der Waals surface area contributed by atoms with E-state index < -0.39 is 0 Å². The van der Waals surface area contributed by atoms with Crippen molar-refractivity contribution in [1.29, 1.82) is 0 Å². The minimum atomic E-state index is -0.127. The Morgan fingerprint density at radius 1 is 1.23 bits per heavy atom. The van der Waals surface area contributed by atoms with Crippen molar-refractivity contribution in [2.45, 2.75) is 26.9 Å². The molecule has 0 aliphatic carbocycles. The molecule has 3 aromatic rings. The van der Waals surface area contributed by atoms with Gasteiger partial charge in [0.05, 0.1) is 18.4 Å². The van der Waals surface area contributed by atoms with E-state index in [2.05, 4.69) is 40.6 Å². The van der Waals surface area contributed by atoms with Crippen molar-refractivity contribution in [3.63, 3.8) is 0 Å². The summed E-state index contributed by atoms with van der Waals surface area (Å²) in [5.74, 6) is -0.127. The first-order valence-electron chi connectivity index (χ1n) is 8.53. The Bertz CT molecular complexity index is 935. The molecule has 0 saturated heterocycles. The number of nitrogens with one attached hydrogen (secondary N) is 1. The predicted octanol–water partition coefficient (Wildman–Crippen LogP) is 2.61. The van der Waals surface area contributed by atoms with Gasteiger partial charge in [-0.05, 0) is 37.1 Å². The van der Waals surface area contributed by atoms with Crippen LogP contribution in [0.5, 0.6) is 0 Å². The molecule has 2 aromatic heterocycles. The number of aryl methyl sites for hydroxylation is 3. The van der Waals surface area contributed by atoms with E-state index >= 15 is 0 Å². The molecule has 3 rings (SSSR count). The molecule has 6 heteroatoms. The van der Waals surface area contributed by atoms with Crippen molar-refractivity contribution in [1.82, 2.24) is 24.9 Å². The molecule has 1 N–H and O–H groups in total. The maximum atomic E-state index is 12.0. The summed E-state index contributed by atoms with van der Waals surface area (Å²) in [4.78, 5) is 12.0. The van der Waals surface area contributed by atoms with Gasteiger partial charge in [0, 0.05) is 37.1 Å². The van der Waals surface area contributed by atoms with Crippen LogP contribution in [0.3, 0.4) is 0 Å². The van der Waals surface area contributed by atoms with Crippen molar-refractivity contribution >= 4 is 12.0 Å². The van der Waals surface area contributed by atoms with Gasteiger partial charge in [-0.1, -0.05) is 24.3 Å². The second-order valence-electron chi connectivity index (χ2n) is 6.40. The number of benzene rings is 1. The normalized spacial score (nSPS) is 11.2. The fourth-order valence-corrected chi connectivity index (χ4v) is 2.79. The van der Waals surface area contributed by atoms with Crippen LogP contribution in [-0.4, -0.2) is 25.5 Å². The first-order valence-corrected chi connectivity index (χ1v) is 8.53. The molecule has 0 aliphatic heterocycles. The minimum Gasteiger partial charge on any atom is -0.348 e. The minimum absolute atomic E-state index is 0.127. The topological polar surface area (TPSA) is 64.7 Å². The summed E-state index contributed by atoms with van der Waals surface area (Å²) in [5, 5.41) is 11.5. The first-order chi connectivity index (χ1) is 12.5. The van der Waals surface area contributed by atoms with Gasteiger partial charge < -0.3 is 5.32 Å². The van der Waals surface area contributed by atoms with Crippen LogP contribution in [0.25, 0.3) is 6.08 Å². The fourth-order valence-electron chi connectivity index (χ4n) is 2.79. The Balaban J connectivity index is 1.57. The molecule has 0 radical (unpaired) electrons. The lowest BCUT2D eigenvalue weighted by atomic mass is 10.1. The molecule has 0 bridgehead atoms. The summed E-state index contributed by atoms with van der Waals surface area (Å²) in [5.41, 5.74) is 5.28. The third kappa shape index (κ3) is 4.69. The van der Waals surface area contributed by atoms with Crippen molar-refractivity contribution in [2.24, 2.45) is 7.05 Å². The molecule has 1 aromatic carbocycles. The monoisotopic (exact) mass is 349 g/mol. The molecular weight excluding hydrogens is 326 g/mol. The van der Waals surface area contributed by atoms with Crippen LogP contribution in [0.4, 0.5) is 0 Å². The van der Waals surface area contributed by atoms with Crippen LogP contribution in [0.1, 0.15) is 28.1 Å². The highest BCUT2D eigenvalue weighted by Gasteiger charge is 2.04. The van der Waals surface area contributed by atoms with E-state index in [9.17, 15) is 4.79 Å². The van der Waals surface area contributed by atoms with Crippen LogP contribution in [0.2, 0.25) is 0 Å². The van der Waals surface area contributed by atoms with Crippen molar-refractivity contribution in [3.8, 4) is 0 Å². The molecule has 0 spiro atoms. The Morgan fingerprint density at radius 2 is 2.04 bits per heavy atom. The maximum absolute atomic E-state index is 12.0. The number of aromatic nitrogens is 4. The van der Waals surface area contributed by atoms with E-state index in [0.717, 1.165) is 34.6 Å². The number of nitrogens with zero attached hydrogens (tertiary/aromatic N) is 4. The standard InChI is InChI=1S/C20H23N5O/c1-15-9-16(2)25(23-15)14-18-6-4-5-17(10-18)11-21-20(26)8-7-19-12-22-24(3)13-19/h4-10,12-13H,11,14H2,1-3H3,(H,21,26)/b8-7+. The molecule has 2 heterocycles. The Labute approximate surface area is 153 Å². The predicted molar refractivity (Wildman–Crippen MR) is 101 cm³/mol. The smallest absolute Gasteiger partial charge is 0.244 e. The number of hydrogen-bond donors (Lipinski definition) is 1. The van der Waals surface area contributed by atoms with Gasteiger partial charge in [0.25, 0.3) is 0 Å². The average molecular weight is 349 g/mol. The highest BCUT2D eigenvalue weighted by Crippen LogP contribution is 2.10. The second kappa shape index (κ2) is 7.82. The molecular formula is C20H23N5O. The molecule has 26 heavy (non-hydrogen) atoms. The summed E-state index contributed by atoms with van der Waals surface area (Å²) in [6.45, 7) is 5.26. The lowest BCUT2D eigenvalue weighted by molar-refractivity contribution is -0.116.